The summed E-state index contributed by atoms with van der Waals surface area (Å²) in [6, 6.07) is 18.0. The molecule has 0 radical (unpaired) electrons. The van der Waals surface area contributed by atoms with Crippen molar-refractivity contribution in [2.24, 2.45) is 9.98 Å². The molecule has 79 heavy (non-hydrogen) atoms. The normalized spacial score (nSPS) is 12.2. The summed E-state index contributed by atoms with van der Waals surface area (Å²) >= 11 is 0. The molecule has 2 aromatic carbocycles. The molecule has 0 atom stereocenters. The van der Waals surface area contributed by atoms with Crippen molar-refractivity contribution in [3.63, 3.8) is 0 Å². The van der Waals surface area contributed by atoms with Crippen LogP contribution in [0.2, 0.25) is 0 Å². The molecule has 0 saturated carbocycles. The molecule has 0 aliphatic rings. The average Bonchev–Trinajstić information content (AvgIpc) is 3.45. The van der Waals surface area contributed by atoms with E-state index < -0.39 is 0 Å². The van der Waals surface area contributed by atoms with Crippen molar-refractivity contribution >= 4 is 22.8 Å². The van der Waals surface area contributed by atoms with Crippen molar-refractivity contribution in [1.29, 1.82) is 0 Å². The molecule has 456 valence electrons. The topological polar surface area (TPSA) is 24.7 Å². The van der Waals surface area contributed by atoms with Gasteiger partial charge in [0.25, 0.3) is 0 Å². The van der Waals surface area contributed by atoms with Crippen LogP contribution in [0.3, 0.4) is 0 Å². The van der Waals surface area contributed by atoms with Crippen molar-refractivity contribution in [3.05, 3.63) is 84.0 Å². The number of hydrogen-bond donors (Lipinski definition) is 0. The molecule has 0 aliphatic heterocycles. The Balaban J connectivity index is 0.0000312. The van der Waals surface area contributed by atoms with Crippen molar-refractivity contribution < 1.29 is 20.4 Å². The van der Waals surface area contributed by atoms with Gasteiger partial charge in [0.2, 0.25) is 0 Å². The van der Waals surface area contributed by atoms with Crippen LogP contribution in [0.1, 0.15) is 373 Å². The van der Waals surface area contributed by atoms with Crippen LogP contribution in [0, 0.1) is 0 Å². The second-order valence-electron chi connectivity index (χ2n) is 24.3. The molecule has 2 nitrogen and oxygen atoms in total. The van der Waals surface area contributed by atoms with Gasteiger partial charge < -0.3 is 0 Å². The summed E-state index contributed by atoms with van der Waals surface area (Å²) in [5.74, 6) is 0. The number of hydrogen-bond acceptors (Lipinski definition) is 2. The monoisotopic (exact) mass is 1180 g/mol. The predicted octanol–water partition coefficient (Wildman–Crippen LogP) is 27.1. The Morgan fingerprint density at radius 1 is 0.266 bits per heavy atom. The van der Waals surface area contributed by atoms with Crippen LogP contribution < -0.4 is 0 Å². The molecule has 0 saturated heterocycles. The maximum atomic E-state index is 5.60. The van der Waals surface area contributed by atoms with Crippen LogP contribution in [0.25, 0.3) is 0 Å². The molecule has 0 N–H and O–H groups in total. The molecule has 2 rings (SSSR count). The van der Waals surface area contributed by atoms with Gasteiger partial charge in [0.1, 0.15) is 0 Å². The zero-order chi connectivity index (χ0) is 55.5. The van der Waals surface area contributed by atoms with Crippen molar-refractivity contribution in [2.75, 3.05) is 0 Å². The van der Waals surface area contributed by atoms with E-state index in [9.17, 15) is 0 Å². The Hall–Kier alpha value is -2.08. The standard InChI is InChI=1S/C76H132N2.Pd/c1-5-9-13-16-19-21-23-25-27-29-31-33-35-37-39-41-43-45-47-49-51-53-56-63-71-65-59-61-68-73(71)77-75(67-12-8-4)76(70-58-55-18-15-11-7-3)78-74-69-62-60-66-72(74)64-57-54-52-50-48-46-44-42-40-38-36-34-32-30-28-26-24-22-20-17-14-10-6-2;/h49-52,59-62,65-66,68-69H,5-48,53-58,63-64,67,70H2,1-4H3;/b51-49+,52-50+,77-75-,78-76+;. The van der Waals surface area contributed by atoms with E-state index in [1.54, 1.807) is 0 Å². The molecule has 0 fully saturated rings. The molecule has 0 amide bonds. The fourth-order valence-corrected chi connectivity index (χ4v) is 11.5. The molecular weight excluding hydrogens is 1050 g/mol. The van der Waals surface area contributed by atoms with Crippen LogP contribution >= 0.6 is 0 Å². The van der Waals surface area contributed by atoms with Crippen LogP contribution in [0.5, 0.6) is 0 Å². The first-order valence-electron chi connectivity index (χ1n) is 35.3. The van der Waals surface area contributed by atoms with Gasteiger partial charge >= 0.3 is 0 Å². The second kappa shape index (κ2) is 60.5. The minimum Gasteiger partial charge on any atom is -0.251 e. The van der Waals surface area contributed by atoms with E-state index in [4.69, 9.17) is 9.98 Å². The van der Waals surface area contributed by atoms with Crippen LogP contribution in [0.4, 0.5) is 11.4 Å². The van der Waals surface area contributed by atoms with Gasteiger partial charge in [-0.25, -0.2) is 0 Å². The number of aryl methyl sites for hydroxylation is 2. The summed E-state index contributed by atoms with van der Waals surface area (Å²) in [5.41, 5.74) is 7.55. The SMILES string of the molecule is CCCCCCCCCCCCCCCCCCCC/C=C/CCCc1ccccc1/N=C(CCCC)\C(CCCCCCCC)=N\c1ccccc1CCC/C=C/CCCCCCCCCCCCCCCCCCCC.[Pd]. The van der Waals surface area contributed by atoms with Crippen molar-refractivity contribution in [1.82, 2.24) is 0 Å². The molecule has 0 heterocycles. The van der Waals surface area contributed by atoms with Crippen molar-refractivity contribution in [2.45, 2.75) is 374 Å². The maximum Gasteiger partial charge on any atom is 0.0665 e. The molecule has 0 spiro atoms. The number of aliphatic imine (C=N–C) groups is 2. The summed E-state index contributed by atoms with van der Waals surface area (Å²) in [6.45, 7) is 9.25. The molecule has 2 aromatic rings. The molecule has 3 heteroatoms. The molecule has 0 aromatic heterocycles. The van der Waals surface area contributed by atoms with E-state index in [2.05, 4.69) is 101 Å². The third-order valence-electron chi connectivity index (χ3n) is 16.8. The van der Waals surface area contributed by atoms with E-state index in [1.807, 2.05) is 0 Å². The zero-order valence-electron chi connectivity index (χ0n) is 53.3. The van der Waals surface area contributed by atoms with Gasteiger partial charge in [-0.15, -0.1) is 0 Å². The summed E-state index contributed by atoms with van der Waals surface area (Å²) < 4.78 is 0. The molecule has 0 bridgehead atoms. The van der Waals surface area contributed by atoms with Gasteiger partial charge in [-0.05, 0) is 113 Å². The van der Waals surface area contributed by atoms with Gasteiger partial charge in [-0.2, -0.15) is 0 Å². The summed E-state index contributed by atoms with van der Waals surface area (Å²) in [6.07, 6.45) is 83.0. The van der Waals surface area contributed by atoms with E-state index >= 15 is 0 Å². The summed E-state index contributed by atoms with van der Waals surface area (Å²) in [7, 11) is 0. The van der Waals surface area contributed by atoms with E-state index in [0.717, 1.165) is 56.3 Å². The summed E-state index contributed by atoms with van der Waals surface area (Å²) in [4.78, 5) is 11.2. The number of para-hydroxylation sites is 2. The van der Waals surface area contributed by atoms with E-state index in [1.165, 1.54) is 324 Å². The second-order valence-corrected chi connectivity index (χ2v) is 24.3. The fraction of sp³-hybridized carbons (Fsp3) is 0.763. The zero-order valence-corrected chi connectivity index (χ0v) is 54.9. The smallest absolute Gasteiger partial charge is 0.0665 e. The molecule has 0 unspecified atom stereocenters. The first kappa shape index (κ1) is 74.9. The van der Waals surface area contributed by atoms with Crippen LogP contribution in [-0.2, 0) is 33.3 Å². The van der Waals surface area contributed by atoms with Gasteiger partial charge in [-0.3, -0.25) is 9.98 Å². The molecular formula is C76H132N2Pd. The average molecular weight is 1180 g/mol. The van der Waals surface area contributed by atoms with Crippen LogP contribution in [0.15, 0.2) is 82.8 Å². The Kier molecular flexibility index (Phi) is 57.4. The van der Waals surface area contributed by atoms with Crippen LogP contribution in [-0.4, -0.2) is 11.4 Å². The number of nitrogens with zero attached hydrogens (tertiary/aromatic N) is 2. The minimum absolute atomic E-state index is 0. The van der Waals surface area contributed by atoms with E-state index in [0.29, 0.717) is 0 Å². The molecule has 0 aliphatic carbocycles. The maximum absolute atomic E-state index is 5.60. The first-order valence-corrected chi connectivity index (χ1v) is 35.3. The fourth-order valence-electron chi connectivity index (χ4n) is 11.5. The Morgan fingerprint density at radius 3 is 0.785 bits per heavy atom. The Morgan fingerprint density at radius 2 is 0.494 bits per heavy atom. The Labute approximate surface area is 508 Å². The third-order valence-corrected chi connectivity index (χ3v) is 16.8. The Bertz CT molecular complexity index is 1690. The quantitative estimate of drug-likeness (QED) is 0.0273. The van der Waals surface area contributed by atoms with Gasteiger partial charge in [0.15, 0.2) is 0 Å². The van der Waals surface area contributed by atoms with E-state index in [-0.39, 0.29) is 20.4 Å². The number of allylic oxidation sites excluding steroid dienone is 4. The van der Waals surface area contributed by atoms with Gasteiger partial charge in [0.05, 0.1) is 22.8 Å². The third kappa shape index (κ3) is 47.0. The number of rotatable bonds is 59. The van der Waals surface area contributed by atoms with Crippen molar-refractivity contribution in [3.8, 4) is 0 Å². The largest absolute Gasteiger partial charge is 0.251 e. The van der Waals surface area contributed by atoms with Gasteiger partial charge in [0, 0.05) is 20.4 Å². The number of benzene rings is 2. The van der Waals surface area contributed by atoms with Gasteiger partial charge in [-0.1, -0.05) is 345 Å². The first-order chi connectivity index (χ1) is 38.7. The summed E-state index contributed by atoms with van der Waals surface area (Å²) in [5, 5.41) is 0. The minimum atomic E-state index is 0. The predicted molar refractivity (Wildman–Crippen MR) is 356 cm³/mol. The number of unbranched alkanes of at least 4 members (excludes halogenated alkanes) is 44.